The van der Waals surface area contributed by atoms with E-state index in [-0.39, 0.29) is 6.04 Å². The molecule has 3 rings (SSSR count). The summed E-state index contributed by atoms with van der Waals surface area (Å²) in [7, 11) is 0. The third-order valence-electron chi connectivity index (χ3n) is 3.91. The van der Waals surface area contributed by atoms with E-state index in [1.165, 1.54) is 11.1 Å². The maximum atomic E-state index is 5.86. The molecule has 1 fully saturated rings. The SMILES string of the molecule is NNC(c1cccc2c1OCCC2)C1CCOC1. The normalized spacial score (nSPS) is 24.4. The fraction of sp³-hybridized carbons (Fsp3) is 0.571. The molecule has 2 atom stereocenters. The standard InChI is InChI=1S/C14H20N2O2/c15-16-13(11-6-8-17-9-11)12-5-1-3-10-4-2-7-18-14(10)12/h1,3,5,11,13,16H,2,4,6-9,15H2. The largest absolute Gasteiger partial charge is 0.493 e. The van der Waals surface area contributed by atoms with Crippen LogP contribution in [0, 0.1) is 5.92 Å². The highest BCUT2D eigenvalue weighted by Gasteiger charge is 2.29. The fourth-order valence-electron chi connectivity index (χ4n) is 2.95. The molecule has 4 heteroatoms. The molecule has 1 aromatic carbocycles. The lowest BCUT2D eigenvalue weighted by Crippen LogP contribution is -2.34. The van der Waals surface area contributed by atoms with Gasteiger partial charge in [0, 0.05) is 18.1 Å². The molecule has 0 aromatic heterocycles. The van der Waals surface area contributed by atoms with Crippen LogP contribution in [0.1, 0.15) is 30.0 Å². The smallest absolute Gasteiger partial charge is 0.127 e. The Morgan fingerprint density at radius 1 is 1.33 bits per heavy atom. The number of hydrazine groups is 1. The molecule has 2 heterocycles. The summed E-state index contributed by atoms with van der Waals surface area (Å²) in [6.45, 7) is 2.42. The zero-order valence-corrected chi connectivity index (χ0v) is 10.5. The quantitative estimate of drug-likeness (QED) is 0.629. The number of aryl methyl sites for hydroxylation is 1. The van der Waals surface area contributed by atoms with E-state index in [2.05, 4.69) is 23.6 Å². The number of para-hydroxylation sites is 1. The maximum Gasteiger partial charge on any atom is 0.127 e. The fourth-order valence-corrected chi connectivity index (χ4v) is 2.95. The molecule has 0 bridgehead atoms. The van der Waals surface area contributed by atoms with Gasteiger partial charge in [-0.05, 0) is 24.8 Å². The van der Waals surface area contributed by atoms with E-state index < -0.39 is 0 Å². The first-order chi connectivity index (χ1) is 8.90. The molecule has 0 amide bonds. The Bertz CT molecular complexity index is 416. The van der Waals surface area contributed by atoms with E-state index in [0.29, 0.717) is 5.92 Å². The van der Waals surface area contributed by atoms with Crippen molar-refractivity contribution >= 4 is 0 Å². The van der Waals surface area contributed by atoms with E-state index in [0.717, 1.165) is 44.8 Å². The van der Waals surface area contributed by atoms with Gasteiger partial charge in [0.25, 0.3) is 0 Å². The Kier molecular flexibility index (Phi) is 3.50. The highest BCUT2D eigenvalue weighted by atomic mass is 16.5. The first-order valence-corrected chi connectivity index (χ1v) is 6.68. The van der Waals surface area contributed by atoms with Gasteiger partial charge in [-0.2, -0.15) is 0 Å². The van der Waals surface area contributed by atoms with Crippen molar-refractivity contribution in [3.63, 3.8) is 0 Å². The Balaban J connectivity index is 1.93. The third kappa shape index (κ3) is 2.11. The van der Waals surface area contributed by atoms with Crippen molar-refractivity contribution in [2.24, 2.45) is 11.8 Å². The van der Waals surface area contributed by atoms with Gasteiger partial charge in [-0.3, -0.25) is 11.3 Å². The Morgan fingerprint density at radius 3 is 3.06 bits per heavy atom. The number of hydrogen-bond donors (Lipinski definition) is 2. The summed E-state index contributed by atoms with van der Waals surface area (Å²) < 4.78 is 11.3. The van der Waals surface area contributed by atoms with E-state index in [1.54, 1.807) is 0 Å². The molecule has 4 nitrogen and oxygen atoms in total. The van der Waals surface area contributed by atoms with Crippen LogP contribution in [0.3, 0.4) is 0 Å². The molecule has 0 spiro atoms. The van der Waals surface area contributed by atoms with Gasteiger partial charge in [0.15, 0.2) is 0 Å². The summed E-state index contributed by atoms with van der Waals surface area (Å²) >= 11 is 0. The first-order valence-electron chi connectivity index (χ1n) is 6.68. The van der Waals surface area contributed by atoms with Gasteiger partial charge in [-0.25, -0.2) is 0 Å². The lowest BCUT2D eigenvalue weighted by molar-refractivity contribution is 0.175. The molecule has 18 heavy (non-hydrogen) atoms. The summed E-state index contributed by atoms with van der Waals surface area (Å²) in [5.74, 6) is 7.23. The maximum absolute atomic E-state index is 5.86. The summed E-state index contributed by atoms with van der Waals surface area (Å²) in [5, 5.41) is 0. The third-order valence-corrected chi connectivity index (χ3v) is 3.91. The molecule has 2 aliphatic heterocycles. The second-order valence-corrected chi connectivity index (χ2v) is 5.06. The molecule has 0 aliphatic carbocycles. The molecular weight excluding hydrogens is 228 g/mol. The molecule has 2 aliphatic rings. The molecule has 3 N–H and O–H groups in total. The summed E-state index contributed by atoms with van der Waals surface area (Å²) in [4.78, 5) is 0. The Morgan fingerprint density at radius 2 is 2.28 bits per heavy atom. The van der Waals surface area contributed by atoms with Gasteiger partial charge in [0.1, 0.15) is 5.75 Å². The molecule has 1 aromatic rings. The van der Waals surface area contributed by atoms with Crippen LogP contribution in [-0.4, -0.2) is 19.8 Å². The van der Waals surface area contributed by atoms with Crippen molar-refractivity contribution in [1.29, 1.82) is 0 Å². The topological polar surface area (TPSA) is 56.5 Å². The number of benzene rings is 1. The zero-order chi connectivity index (χ0) is 12.4. The molecule has 1 saturated heterocycles. The zero-order valence-electron chi connectivity index (χ0n) is 10.5. The second-order valence-electron chi connectivity index (χ2n) is 5.06. The van der Waals surface area contributed by atoms with Gasteiger partial charge in [-0.15, -0.1) is 0 Å². The van der Waals surface area contributed by atoms with Crippen LogP contribution in [0.2, 0.25) is 0 Å². The highest BCUT2D eigenvalue weighted by molar-refractivity contribution is 5.44. The first kappa shape index (κ1) is 12.0. The lowest BCUT2D eigenvalue weighted by Gasteiger charge is -2.27. The monoisotopic (exact) mass is 248 g/mol. The van der Waals surface area contributed by atoms with Gasteiger partial charge in [-0.1, -0.05) is 18.2 Å². The number of rotatable bonds is 3. The predicted molar refractivity (Wildman–Crippen MR) is 69.2 cm³/mol. The van der Waals surface area contributed by atoms with Gasteiger partial charge < -0.3 is 9.47 Å². The van der Waals surface area contributed by atoms with Crippen LogP contribution in [0.25, 0.3) is 0 Å². The molecule has 2 unspecified atom stereocenters. The van der Waals surface area contributed by atoms with Gasteiger partial charge in [0.05, 0.1) is 19.3 Å². The van der Waals surface area contributed by atoms with Crippen molar-refractivity contribution in [2.75, 3.05) is 19.8 Å². The van der Waals surface area contributed by atoms with Crippen LogP contribution in [0.15, 0.2) is 18.2 Å². The Hall–Kier alpha value is -1.10. The van der Waals surface area contributed by atoms with Crippen molar-refractivity contribution in [2.45, 2.75) is 25.3 Å². The molecule has 98 valence electrons. The number of nitrogens with two attached hydrogens (primary N) is 1. The second kappa shape index (κ2) is 5.26. The molecular formula is C14H20N2O2. The van der Waals surface area contributed by atoms with Crippen molar-refractivity contribution in [3.8, 4) is 5.75 Å². The summed E-state index contributed by atoms with van der Waals surface area (Å²) in [5.41, 5.74) is 5.44. The van der Waals surface area contributed by atoms with E-state index in [4.69, 9.17) is 15.3 Å². The average molecular weight is 248 g/mol. The van der Waals surface area contributed by atoms with Crippen LogP contribution in [0.5, 0.6) is 5.75 Å². The van der Waals surface area contributed by atoms with Crippen LogP contribution >= 0.6 is 0 Å². The minimum atomic E-state index is 0.126. The number of hydrogen-bond acceptors (Lipinski definition) is 4. The summed E-state index contributed by atoms with van der Waals surface area (Å²) in [6.07, 6.45) is 3.25. The van der Waals surface area contributed by atoms with E-state index in [1.807, 2.05) is 0 Å². The van der Waals surface area contributed by atoms with Crippen LogP contribution in [-0.2, 0) is 11.2 Å². The molecule has 0 saturated carbocycles. The number of ether oxygens (including phenoxy) is 2. The summed E-state index contributed by atoms with van der Waals surface area (Å²) in [6, 6.07) is 6.49. The highest BCUT2D eigenvalue weighted by Crippen LogP contribution is 2.37. The molecule has 0 radical (unpaired) electrons. The lowest BCUT2D eigenvalue weighted by atomic mass is 9.90. The average Bonchev–Trinajstić information content (AvgIpc) is 2.94. The Labute approximate surface area is 107 Å². The van der Waals surface area contributed by atoms with Gasteiger partial charge in [0.2, 0.25) is 0 Å². The van der Waals surface area contributed by atoms with E-state index >= 15 is 0 Å². The van der Waals surface area contributed by atoms with Gasteiger partial charge >= 0.3 is 0 Å². The van der Waals surface area contributed by atoms with Crippen LogP contribution in [0.4, 0.5) is 0 Å². The van der Waals surface area contributed by atoms with Crippen molar-refractivity contribution in [3.05, 3.63) is 29.3 Å². The number of nitrogens with one attached hydrogen (secondary N) is 1. The predicted octanol–water partition coefficient (Wildman–Crippen LogP) is 1.55. The minimum absolute atomic E-state index is 0.126. The van der Waals surface area contributed by atoms with E-state index in [9.17, 15) is 0 Å². The minimum Gasteiger partial charge on any atom is -0.493 e. The number of fused-ring (bicyclic) bond motifs is 1. The van der Waals surface area contributed by atoms with Crippen LogP contribution < -0.4 is 16.0 Å². The van der Waals surface area contributed by atoms with Crippen molar-refractivity contribution in [1.82, 2.24) is 5.43 Å². The van der Waals surface area contributed by atoms with Crippen molar-refractivity contribution < 1.29 is 9.47 Å².